The quantitative estimate of drug-likeness (QED) is 0.761. The van der Waals surface area contributed by atoms with Gasteiger partial charge in [-0.25, -0.2) is 4.79 Å². The summed E-state index contributed by atoms with van der Waals surface area (Å²) in [4.78, 5) is 26.9. The van der Waals surface area contributed by atoms with Gasteiger partial charge in [-0.05, 0) is 29.7 Å². The molecular formula is C18H19N5O2. The summed E-state index contributed by atoms with van der Waals surface area (Å²) < 4.78 is 2.92. The summed E-state index contributed by atoms with van der Waals surface area (Å²) in [6.45, 7) is 0.876. The van der Waals surface area contributed by atoms with Crippen molar-refractivity contribution in [3.05, 3.63) is 70.3 Å². The van der Waals surface area contributed by atoms with Crippen LogP contribution in [0.25, 0.3) is 5.65 Å². The van der Waals surface area contributed by atoms with Gasteiger partial charge in [-0.15, -0.1) is 5.10 Å². The molecule has 0 fully saturated rings. The van der Waals surface area contributed by atoms with E-state index in [9.17, 15) is 9.59 Å². The van der Waals surface area contributed by atoms with Crippen molar-refractivity contribution >= 4 is 11.6 Å². The topological polar surface area (TPSA) is 71.6 Å². The lowest BCUT2D eigenvalue weighted by atomic mass is 9.94. The number of aromatic nitrogens is 3. The Morgan fingerprint density at radius 1 is 1.20 bits per heavy atom. The number of nitrogens with one attached hydrogen (secondary N) is 1. The SMILES string of the molecule is CNC(=O)[C@@H]1Cc2ccccc2CN1Cn1nc2ccccn2c1=O. The fourth-order valence-electron chi connectivity index (χ4n) is 3.38. The Hall–Kier alpha value is -2.93. The van der Waals surface area contributed by atoms with Crippen LogP contribution in [0.3, 0.4) is 0 Å². The fraction of sp³-hybridized carbons (Fsp3) is 0.278. The predicted octanol–water partition coefficient (Wildman–Crippen LogP) is 0.626. The minimum Gasteiger partial charge on any atom is -0.358 e. The first-order valence-electron chi connectivity index (χ1n) is 8.24. The molecule has 3 aromatic rings. The molecule has 7 nitrogen and oxygen atoms in total. The zero-order valence-electron chi connectivity index (χ0n) is 13.9. The number of hydrogen-bond acceptors (Lipinski definition) is 4. The van der Waals surface area contributed by atoms with Gasteiger partial charge in [-0.2, -0.15) is 4.68 Å². The van der Waals surface area contributed by atoms with Crippen molar-refractivity contribution in [2.75, 3.05) is 7.05 Å². The summed E-state index contributed by atoms with van der Waals surface area (Å²) in [7, 11) is 1.64. The van der Waals surface area contributed by atoms with E-state index in [4.69, 9.17) is 0 Å². The van der Waals surface area contributed by atoms with Crippen molar-refractivity contribution in [3.63, 3.8) is 0 Å². The molecule has 0 bridgehead atoms. The van der Waals surface area contributed by atoms with E-state index in [2.05, 4.69) is 22.5 Å². The first-order chi connectivity index (χ1) is 12.2. The molecule has 7 heteroatoms. The van der Waals surface area contributed by atoms with Gasteiger partial charge >= 0.3 is 5.69 Å². The van der Waals surface area contributed by atoms with Crippen molar-refractivity contribution in [1.29, 1.82) is 0 Å². The third kappa shape index (κ3) is 2.72. The van der Waals surface area contributed by atoms with Crippen LogP contribution in [0.2, 0.25) is 0 Å². The lowest BCUT2D eigenvalue weighted by Crippen LogP contribution is -2.50. The molecule has 1 aliphatic heterocycles. The molecule has 1 atom stereocenters. The third-order valence-corrected chi connectivity index (χ3v) is 4.70. The van der Waals surface area contributed by atoms with Gasteiger partial charge in [0.25, 0.3) is 0 Å². The number of carbonyl (C=O) groups excluding carboxylic acids is 1. The van der Waals surface area contributed by atoms with Crippen LogP contribution in [-0.2, 0) is 24.4 Å². The number of nitrogens with zero attached hydrogens (tertiary/aromatic N) is 4. The largest absolute Gasteiger partial charge is 0.358 e. The molecule has 0 radical (unpaired) electrons. The van der Waals surface area contributed by atoms with E-state index in [0.29, 0.717) is 18.6 Å². The van der Waals surface area contributed by atoms with E-state index in [-0.39, 0.29) is 24.3 Å². The Kier molecular flexibility index (Phi) is 3.85. The van der Waals surface area contributed by atoms with Crippen LogP contribution in [0.15, 0.2) is 53.5 Å². The summed E-state index contributed by atoms with van der Waals surface area (Å²) in [5.74, 6) is -0.0497. The van der Waals surface area contributed by atoms with Gasteiger partial charge in [0.2, 0.25) is 5.91 Å². The number of amides is 1. The second kappa shape index (κ2) is 6.18. The molecule has 0 saturated carbocycles. The highest BCUT2D eigenvalue weighted by Gasteiger charge is 2.31. The lowest BCUT2D eigenvalue weighted by Gasteiger charge is -2.35. The summed E-state index contributed by atoms with van der Waals surface area (Å²) in [5, 5.41) is 7.10. The molecule has 1 aliphatic rings. The highest BCUT2D eigenvalue weighted by atomic mass is 16.2. The first kappa shape index (κ1) is 15.6. The number of pyridine rings is 1. The number of fused-ring (bicyclic) bond motifs is 2. The molecule has 0 aliphatic carbocycles. The van der Waals surface area contributed by atoms with Crippen molar-refractivity contribution in [2.45, 2.75) is 25.7 Å². The normalized spacial score (nSPS) is 17.4. The van der Waals surface area contributed by atoms with E-state index in [1.54, 1.807) is 25.4 Å². The maximum atomic E-state index is 12.5. The molecule has 0 saturated heterocycles. The highest BCUT2D eigenvalue weighted by molar-refractivity contribution is 5.82. The van der Waals surface area contributed by atoms with Crippen molar-refractivity contribution in [1.82, 2.24) is 24.4 Å². The molecule has 3 heterocycles. The molecule has 25 heavy (non-hydrogen) atoms. The Morgan fingerprint density at radius 3 is 2.72 bits per heavy atom. The summed E-state index contributed by atoms with van der Waals surface area (Å²) >= 11 is 0. The van der Waals surface area contributed by atoms with Crippen LogP contribution in [0.5, 0.6) is 0 Å². The van der Waals surface area contributed by atoms with E-state index < -0.39 is 0 Å². The Bertz CT molecular complexity index is 990. The minimum atomic E-state index is -0.323. The number of carbonyl (C=O) groups is 1. The molecule has 1 amide bonds. The summed E-state index contributed by atoms with van der Waals surface area (Å²) in [6, 6.07) is 13.2. The van der Waals surface area contributed by atoms with E-state index in [0.717, 1.165) is 0 Å². The maximum Gasteiger partial charge on any atom is 0.351 e. The van der Waals surface area contributed by atoms with Crippen molar-refractivity contribution < 1.29 is 4.79 Å². The fourth-order valence-corrected chi connectivity index (χ4v) is 3.38. The minimum absolute atomic E-state index is 0.0497. The Morgan fingerprint density at radius 2 is 1.96 bits per heavy atom. The average molecular weight is 337 g/mol. The van der Waals surface area contributed by atoms with Gasteiger partial charge in [0.1, 0.15) is 0 Å². The monoisotopic (exact) mass is 337 g/mol. The van der Waals surface area contributed by atoms with Crippen LogP contribution in [0.1, 0.15) is 11.1 Å². The third-order valence-electron chi connectivity index (χ3n) is 4.70. The van der Waals surface area contributed by atoms with Gasteiger partial charge in [0, 0.05) is 19.8 Å². The maximum absolute atomic E-state index is 12.5. The molecule has 1 aromatic carbocycles. The van der Waals surface area contributed by atoms with Gasteiger partial charge < -0.3 is 5.32 Å². The second-order valence-corrected chi connectivity index (χ2v) is 6.20. The van der Waals surface area contributed by atoms with Crippen LogP contribution in [0.4, 0.5) is 0 Å². The van der Waals surface area contributed by atoms with Crippen molar-refractivity contribution in [3.8, 4) is 0 Å². The summed E-state index contributed by atoms with van der Waals surface area (Å²) in [5.41, 5.74) is 2.75. The Balaban J connectivity index is 1.70. The van der Waals surface area contributed by atoms with Crippen LogP contribution >= 0.6 is 0 Å². The Labute approximate surface area is 144 Å². The molecule has 0 spiro atoms. The lowest BCUT2D eigenvalue weighted by molar-refractivity contribution is -0.127. The van der Waals surface area contributed by atoms with Crippen LogP contribution in [-0.4, -0.2) is 38.1 Å². The molecule has 4 rings (SSSR count). The molecule has 2 aromatic heterocycles. The predicted molar refractivity (Wildman–Crippen MR) is 93.0 cm³/mol. The van der Waals surface area contributed by atoms with E-state index in [1.165, 1.54) is 20.2 Å². The smallest absolute Gasteiger partial charge is 0.351 e. The number of hydrogen-bond donors (Lipinski definition) is 1. The first-order valence-corrected chi connectivity index (χ1v) is 8.24. The van der Waals surface area contributed by atoms with Crippen LogP contribution < -0.4 is 11.0 Å². The van der Waals surface area contributed by atoms with Crippen molar-refractivity contribution in [2.24, 2.45) is 0 Å². The number of rotatable bonds is 3. The molecular weight excluding hydrogens is 318 g/mol. The molecule has 0 unspecified atom stereocenters. The van der Waals surface area contributed by atoms with Crippen LogP contribution in [0, 0.1) is 0 Å². The van der Waals surface area contributed by atoms with E-state index >= 15 is 0 Å². The van der Waals surface area contributed by atoms with Gasteiger partial charge in [0.05, 0.1) is 12.7 Å². The van der Waals surface area contributed by atoms with Gasteiger partial charge in [0.15, 0.2) is 5.65 Å². The summed E-state index contributed by atoms with van der Waals surface area (Å²) in [6.07, 6.45) is 2.32. The standard InChI is InChI=1S/C18H19N5O2/c1-19-17(24)15-10-13-6-2-3-7-14(13)11-21(15)12-23-18(25)22-9-5-4-8-16(22)20-23/h2-9,15H,10-12H2,1H3,(H,19,24)/t15-/m0/s1. The zero-order valence-corrected chi connectivity index (χ0v) is 13.9. The van der Waals surface area contributed by atoms with Gasteiger partial charge in [-0.3, -0.25) is 14.1 Å². The number of benzene rings is 1. The second-order valence-electron chi connectivity index (χ2n) is 6.20. The average Bonchev–Trinajstić information content (AvgIpc) is 2.96. The zero-order chi connectivity index (χ0) is 17.4. The molecule has 128 valence electrons. The van der Waals surface area contributed by atoms with E-state index in [1.807, 2.05) is 23.1 Å². The van der Waals surface area contributed by atoms with Gasteiger partial charge in [-0.1, -0.05) is 30.3 Å². The molecule has 1 N–H and O–H groups in total. The number of likely N-dealkylation sites (N-methyl/N-ethyl adjacent to an activating group) is 1. The highest BCUT2D eigenvalue weighted by Crippen LogP contribution is 2.23.